The fourth-order valence-electron chi connectivity index (χ4n) is 3.41. The van der Waals surface area contributed by atoms with E-state index in [0.717, 1.165) is 32.5 Å². The van der Waals surface area contributed by atoms with Crippen LogP contribution in [0.3, 0.4) is 0 Å². The molecule has 0 aliphatic carbocycles. The largest absolute Gasteiger partial charge is 0.481 e. The van der Waals surface area contributed by atoms with Crippen LogP contribution < -0.4 is 4.74 Å². The first-order valence-corrected chi connectivity index (χ1v) is 9.61. The Labute approximate surface area is 160 Å². The van der Waals surface area contributed by atoms with Gasteiger partial charge in [0.2, 0.25) is 5.88 Å². The second kappa shape index (κ2) is 10.5. The second-order valence-corrected chi connectivity index (χ2v) is 6.49. The summed E-state index contributed by atoms with van der Waals surface area (Å²) < 4.78 is 19.4. The number of aliphatic hydroxyl groups excluding tert-OH is 2. The number of ether oxygens (including phenoxy) is 1. The molecule has 2 aromatic heterocycles. The van der Waals surface area contributed by atoms with Crippen LogP contribution in [0.15, 0.2) is 18.3 Å². The van der Waals surface area contributed by atoms with Gasteiger partial charge < -0.3 is 19.8 Å². The quantitative estimate of drug-likeness (QED) is 0.803. The number of halogens is 1. The number of piperidine rings is 1. The van der Waals surface area contributed by atoms with Gasteiger partial charge in [0.15, 0.2) is 0 Å². The maximum atomic E-state index is 14.3. The number of aliphatic hydroxyl groups is 2. The van der Waals surface area contributed by atoms with Gasteiger partial charge in [-0.1, -0.05) is 13.8 Å². The van der Waals surface area contributed by atoms with Crippen molar-refractivity contribution in [2.24, 2.45) is 5.92 Å². The van der Waals surface area contributed by atoms with Gasteiger partial charge in [-0.3, -0.25) is 4.98 Å². The minimum atomic E-state index is -0.639. The summed E-state index contributed by atoms with van der Waals surface area (Å²) in [5, 5.41) is 18.8. The molecule has 2 N–H and O–H groups in total. The zero-order valence-corrected chi connectivity index (χ0v) is 16.4. The van der Waals surface area contributed by atoms with Gasteiger partial charge in [-0.25, -0.2) is 9.37 Å². The maximum Gasteiger partial charge on any atom is 0.213 e. The predicted molar refractivity (Wildman–Crippen MR) is 103 cm³/mol. The van der Waals surface area contributed by atoms with Crippen LogP contribution in [0.25, 0.3) is 11.0 Å². The van der Waals surface area contributed by atoms with Crippen molar-refractivity contribution in [1.82, 2.24) is 14.9 Å². The van der Waals surface area contributed by atoms with E-state index in [2.05, 4.69) is 14.9 Å². The van der Waals surface area contributed by atoms with Gasteiger partial charge in [0, 0.05) is 18.2 Å². The topological polar surface area (TPSA) is 78.7 Å². The summed E-state index contributed by atoms with van der Waals surface area (Å²) in [5.74, 6) is 0.240. The standard InChI is InChI=1S/C18H24FN3O3.C2H6/c1-25-17-3-2-15-18(21-17)13(14(19)10-20-15)6-9-22-7-4-12(5-8-22)16(24)11-23;1-2/h2-3,10,12,16,23-24H,4-9,11H2,1H3;1-2H3. The molecule has 0 spiro atoms. The molecule has 0 radical (unpaired) electrons. The SMILES string of the molecule is CC.COc1ccc2ncc(F)c(CCN3CCC(C(O)CO)CC3)c2n1. The summed E-state index contributed by atoms with van der Waals surface area (Å²) in [6.07, 6.45) is 2.83. The lowest BCUT2D eigenvalue weighted by Crippen LogP contribution is -2.39. The van der Waals surface area contributed by atoms with E-state index in [4.69, 9.17) is 9.84 Å². The molecule has 0 bridgehead atoms. The lowest BCUT2D eigenvalue weighted by molar-refractivity contribution is 0.0186. The first-order chi connectivity index (χ1) is 13.1. The molecule has 0 aromatic carbocycles. The van der Waals surface area contributed by atoms with E-state index in [9.17, 15) is 9.50 Å². The van der Waals surface area contributed by atoms with Crippen LogP contribution in [-0.4, -0.2) is 64.5 Å². The molecule has 1 fully saturated rings. The van der Waals surface area contributed by atoms with E-state index in [1.807, 2.05) is 13.8 Å². The number of aromatic nitrogens is 2. The third-order valence-corrected chi connectivity index (χ3v) is 4.99. The molecule has 1 aliphatic rings. The van der Waals surface area contributed by atoms with Crippen molar-refractivity contribution in [3.63, 3.8) is 0 Å². The molecule has 2 aromatic rings. The van der Waals surface area contributed by atoms with E-state index in [0.29, 0.717) is 28.9 Å². The smallest absolute Gasteiger partial charge is 0.213 e. The number of rotatable bonds is 6. The van der Waals surface area contributed by atoms with Gasteiger partial charge >= 0.3 is 0 Å². The second-order valence-electron chi connectivity index (χ2n) is 6.49. The van der Waals surface area contributed by atoms with Crippen molar-refractivity contribution in [2.75, 3.05) is 33.4 Å². The monoisotopic (exact) mass is 379 g/mol. The van der Waals surface area contributed by atoms with Crippen molar-refractivity contribution < 1.29 is 19.3 Å². The molecule has 150 valence electrons. The third-order valence-electron chi connectivity index (χ3n) is 4.99. The van der Waals surface area contributed by atoms with Crippen molar-refractivity contribution >= 4 is 11.0 Å². The normalized spacial score (nSPS) is 16.7. The summed E-state index contributed by atoms with van der Waals surface area (Å²) in [5.41, 5.74) is 1.76. The number of hydrogen-bond donors (Lipinski definition) is 2. The fraction of sp³-hybridized carbons (Fsp3) is 0.600. The summed E-state index contributed by atoms with van der Waals surface area (Å²) in [6.45, 7) is 6.20. The zero-order valence-electron chi connectivity index (χ0n) is 16.4. The number of pyridine rings is 2. The number of likely N-dealkylation sites (tertiary alicyclic amines) is 1. The highest BCUT2D eigenvalue weighted by molar-refractivity contribution is 5.78. The van der Waals surface area contributed by atoms with Crippen LogP contribution in [0.1, 0.15) is 32.3 Å². The maximum absolute atomic E-state index is 14.3. The van der Waals surface area contributed by atoms with E-state index in [-0.39, 0.29) is 18.3 Å². The molecule has 6 nitrogen and oxygen atoms in total. The molecular formula is C20H30FN3O3. The molecule has 3 rings (SSSR count). The Morgan fingerprint density at radius 3 is 2.63 bits per heavy atom. The average molecular weight is 379 g/mol. The van der Waals surface area contributed by atoms with E-state index >= 15 is 0 Å². The van der Waals surface area contributed by atoms with Gasteiger partial charge in [-0.15, -0.1) is 0 Å². The summed E-state index contributed by atoms with van der Waals surface area (Å²) in [4.78, 5) is 10.7. The van der Waals surface area contributed by atoms with Crippen LogP contribution >= 0.6 is 0 Å². The van der Waals surface area contributed by atoms with Crippen LogP contribution in [-0.2, 0) is 6.42 Å². The number of nitrogens with zero attached hydrogens (tertiary/aromatic N) is 3. The summed E-state index contributed by atoms with van der Waals surface area (Å²) in [6, 6.07) is 3.50. The summed E-state index contributed by atoms with van der Waals surface area (Å²) >= 11 is 0. The Morgan fingerprint density at radius 1 is 1.30 bits per heavy atom. The minimum Gasteiger partial charge on any atom is -0.481 e. The minimum absolute atomic E-state index is 0.144. The molecule has 27 heavy (non-hydrogen) atoms. The van der Waals surface area contributed by atoms with Crippen LogP contribution in [0.4, 0.5) is 4.39 Å². The lowest BCUT2D eigenvalue weighted by atomic mass is 9.91. The van der Waals surface area contributed by atoms with E-state index in [1.165, 1.54) is 13.3 Å². The van der Waals surface area contributed by atoms with E-state index in [1.54, 1.807) is 12.1 Å². The zero-order chi connectivity index (χ0) is 19.8. The van der Waals surface area contributed by atoms with Gasteiger partial charge in [-0.05, 0) is 44.3 Å². The summed E-state index contributed by atoms with van der Waals surface area (Å²) in [7, 11) is 1.53. The number of fused-ring (bicyclic) bond motifs is 1. The molecule has 3 heterocycles. The molecule has 0 saturated carbocycles. The molecule has 0 amide bonds. The Balaban J connectivity index is 0.00000126. The predicted octanol–water partition coefficient (Wildman–Crippen LogP) is 2.41. The van der Waals surface area contributed by atoms with Crippen LogP contribution in [0, 0.1) is 11.7 Å². The highest BCUT2D eigenvalue weighted by atomic mass is 19.1. The third kappa shape index (κ3) is 5.34. The van der Waals surface area contributed by atoms with Crippen molar-refractivity contribution in [3.05, 3.63) is 29.7 Å². The van der Waals surface area contributed by atoms with Crippen molar-refractivity contribution in [2.45, 2.75) is 39.2 Å². The molecule has 7 heteroatoms. The number of methoxy groups -OCH3 is 1. The van der Waals surface area contributed by atoms with Gasteiger partial charge in [0.25, 0.3) is 0 Å². The molecule has 1 aliphatic heterocycles. The Morgan fingerprint density at radius 2 is 2.00 bits per heavy atom. The van der Waals surface area contributed by atoms with Crippen molar-refractivity contribution in [1.29, 1.82) is 0 Å². The van der Waals surface area contributed by atoms with Crippen LogP contribution in [0.5, 0.6) is 5.88 Å². The number of hydrogen-bond acceptors (Lipinski definition) is 6. The van der Waals surface area contributed by atoms with Crippen LogP contribution in [0.2, 0.25) is 0 Å². The first kappa shape index (κ1) is 21.5. The molecule has 1 atom stereocenters. The Bertz CT molecular complexity index is 721. The highest BCUT2D eigenvalue weighted by Crippen LogP contribution is 2.24. The molecular weight excluding hydrogens is 349 g/mol. The Kier molecular flexibility index (Phi) is 8.34. The van der Waals surface area contributed by atoms with Gasteiger partial charge in [0.1, 0.15) is 5.82 Å². The van der Waals surface area contributed by atoms with Gasteiger partial charge in [0.05, 0.1) is 37.1 Å². The van der Waals surface area contributed by atoms with Crippen molar-refractivity contribution in [3.8, 4) is 5.88 Å². The lowest BCUT2D eigenvalue weighted by Gasteiger charge is -2.33. The fourth-order valence-corrected chi connectivity index (χ4v) is 3.41. The first-order valence-electron chi connectivity index (χ1n) is 9.61. The highest BCUT2D eigenvalue weighted by Gasteiger charge is 2.24. The van der Waals surface area contributed by atoms with Gasteiger partial charge in [-0.2, -0.15) is 0 Å². The Hall–Kier alpha value is -1.83. The average Bonchev–Trinajstić information content (AvgIpc) is 2.73. The molecule has 1 saturated heterocycles. The van der Waals surface area contributed by atoms with E-state index < -0.39 is 6.10 Å². The molecule has 1 unspecified atom stereocenters.